The van der Waals surface area contributed by atoms with Crippen molar-refractivity contribution in [1.82, 2.24) is 0 Å². The molecule has 0 spiro atoms. The van der Waals surface area contributed by atoms with Gasteiger partial charge in [0.25, 0.3) is 0 Å². The molecule has 0 aliphatic heterocycles. The maximum Gasteiger partial charge on any atom is 0.0854 e. The Balaban J connectivity index is 2.46. The van der Waals surface area contributed by atoms with Gasteiger partial charge >= 0.3 is 0 Å². The lowest BCUT2D eigenvalue weighted by molar-refractivity contribution is -0.0486. The van der Waals surface area contributed by atoms with Gasteiger partial charge in [-0.3, -0.25) is 0 Å². The van der Waals surface area contributed by atoms with Crippen molar-refractivity contribution in [2.45, 2.75) is 31.5 Å². The zero-order chi connectivity index (χ0) is 12.5. The molecular formula is C14H22O3. The molecule has 0 saturated heterocycles. The molecule has 17 heavy (non-hydrogen) atoms. The van der Waals surface area contributed by atoms with Gasteiger partial charge in [-0.1, -0.05) is 30.3 Å². The zero-order valence-corrected chi connectivity index (χ0v) is 10.6. The molecule has 0 aliphatic carbocycles. The van der Waals surface area contributed by atoms with Crippen LogP contribution in [0, 0.1) is 0 Å². The fraction of sp³-hybridized carbons (Fsp3) is 0.571. The van der Waals surface area contributed by atoms with Crippen LogP contribution in [0.15, 0.2) is 30.3 Å². The monoisotopic (exact) mass is 238 g/mol. The molecule has 96 valence electrons. The third-order valence-electron chi connectivity index (χ3n) is 2.99. The van der Waals surface area contributed by atoms with E-state index in [-0.39, 0.29) is 18.8 Å². The Morgan fingerprint density at radius 2 is 1.59 bits per heavy atom. The van der Waals surface area contributed by atoms with Gasteiger partial charge in [-0.05, 0) is 24.8 Å². The van der Waals surface area contributed by atoms with Crippen molar-refractivity contribution in [3.05, 3.63) is 35.9 Å². The van der Waals surface area contributed by atoms with E-state index in [9.17, 15) is 0 Å². The van der Waals surface area contributed by atoms with Crippen molar-refractivity contribution in [3.63, 3.8) is 0 Å². The summed E-state index contributed by atoms with van der Waals surface area (Å²) in [7, 11) is 3.36. The van der Waals surface area contributed by atoms with Crippen molar-refractivity contribution >= 4 is 0 Å². The summed E-state index contributed by atoms with van der Waals surface area (Å²) in [5.74, 6) is 0. The highest BCUT2D eigenvalue weighted by atomic mass is 16.5. The van der Waals surface area contributed by atoms with E-state index in [1.807, 2.05) is 18.2 Å². The summed E-state index contributed by atoms with van der Waals surface area (Å²) < 4.78 is 10.8. The van der Waals surface area contributed by atoms with Crippen LogP contribution in [0.25, 0.3) is 0 Å². The van der Waals surface area contributed by atoms with Crippen molar-refractivity contribution in [1.29, 1.82) is 0 Å². The number of aliphatic hydroxyl groups excluding tert-OH is 1. The summed E-state index contributed by atoms with van der Waals surface area (Å²) in [5, 5.41) is 8.96. The van der Waals surface area contributed by atoms with Gasteiger partial charge in [-0.2, -0.15) is 0 Å². The minimum Gasteiger partial charge on any atom is -0.396 e. The van der Waals surface area contributed by atoms with E-state index < -0.39 is 0 Å². The Morgan fingerprint density at radius 3 is 2.12 bits per heavy atom. The zero-order valence-electron chi connectivity index (χ0n) is 10.6. The Hall–Kier alpha value is -0.900. The standard InChI is InChI=1S/C14H22O3/c1-16-13(14(17-2)10-11-15)9-8-12-6-4-3-5-7-12/h3-7,13-15H,8-11H2,1-2H3. The Kier molecular flexibility index (Phi) is 6.86. The van der Waals surface area contributed by atoms with Crippen LogP contribution in [0.4, 0.5) is 0 Å². The van der Waals surface area contributed by atoms with Crippen molar-refractivity contribution in [2.24, 2.45) is 0 Å². The fourth-order valence-electron chi connectivity index (χ4n) is 1.99. The van der Waals surface area contributed by atoms with Crippen LogP contribution < -0.4 is 0 Å². The van der Waals surface area contributed by atoms with Gasteiger partial charge in [0.1, 0.15) is 0 Å². The maximum atomic E-state index is 8.96. The first-order valence-corrected chi connectivity index (χ1v) is 6.02. The van der Waals surface area contributed by atoms with E-state index in [2.05, 4.69) is 12.1 Å². The Morgan fingerprint density at radius 1 is 1.00 bits per heavy atom. The summed E-state index contributed by atoms with van der Waals surface area (Å²) in [6.45, 7) is 0.129. The van der Waals surface area contributed by atoms with E-state index >= 15 is 0 Å². The normalized spacial score (nSPS) is 14.5. The summed E-state index contributed by atoms with van der Waals surface area (Å²) in [4.78, 5) is 0. The highest BCUT2D eigenvalue weighted by molar-refractivity contribution is 5.14. The molecule has 3 nitrogen and oxygen atoms in total. The molecule has 0 saturated carbocycles. The van der Waals surface area contributed by atoms with Crippen LogP contribution in [0.2, 0.25) is 0 Å². The van der Waals surface area contributed by atoms with E-state index in [1.165, 1.54) is 5.56 Å². The Labute approximate surface area is 103 Å². The quantitative estimate of drug-likeness (QED) is 0.753. The molecule has 0 fully saturated rings. The first kappa shape index (κ1) is 14.2. The minimum absolute atomic E-state index is 0.0336. The second kappa shape index (κ2) is 8.23. The highest BCUT2D eigenvalue weighted by Gasteiger charge is 2.20. The van der Waals surface area contributed by atoms with E-state index in [0.717, 1.165) is 12.8 Å². The number of hydrogen-bond donors (Lipinski definition) is 1. The SMILES string of the molecule is COC(CCO)C(CCc1ccccc1)OC. The second-order valence-electron chi connectivity index (χ2n) is 4.08. The van der Waals surface area contributed by atoms with E-state index in [0.29, 0.717) is 6.42 Å². The molecule has 1 aromatic carbocycles. The third-order valence-corrected chi connectivity index (χ3v) is 2.99. The predicted octanol–water partition coefficient (Wildman–Crippen LogP) is 2.03. The van der Waals surface area contributed by atoms with E-state index in [1.54, 1.807) is 14.2 Å². The summed E-state index contributed by atoms with van der Waals surface area (Å²) in [5.41, 5.74) is 1.30. The van der Waals surface area contributed by atoms with Crippen LogP contribution in [0.5, 0.6) is 0 Å². The van der Waals surface area contributed by atoms with Gasteiger partial charge in [-0.15, -0.1) is 0 Å². The lowest BCUT2D eigenvalue weighted by Crippen LogP contribution is -2.31. The van der Waals surface area contributed by atoms with Crippen LogP contribution in [0.3, 0.4) is 0 Å². The molecule has 0 bridgehead atoms. The number of ether oxygens (including phenoxy) is 2. The summed E-state index contributed by atoms with van der Waals surface area (Å²) in [6.07, 6.45) is 2.48. The lowest BCUT2D eigenvalue weighted by Gasteiger charge is -2.24. The lowest BCUT2D eigenvalue weighted by atomic mass is 10.0. The van der Waals surface area contributed by atoms with Gasteiger partial charge in [0.05, 0.1) is 12.2 Å². The van der Waals surface area contributed by atoms with Crippen LogP contribution in [-0.2, 0) is 15.9 Å². The molecule has 2 atom stereocenters. The van der Waals surface area contributed by atoms with Crippen LogP contribution in [0.1, 0.15) is 18.4 Å². The van der Waals surface area contributed by atoms with Crippen molar-refractivity contribution in [2.75, 3.05) is 20.8 Å². The minimum atomic E-state index is -0.0336. The maximum absolute atomic E-state index is 8.96. The number of methoxy groups -OCH3 is 2. The largest absolute Gasteiger partial charge is 0.396 e. The highest BCUT2D eigenvalue weighted by Crippen LogP contribution is 2.14. The first-order chi connectivity index (χ1) is 8.31. The molecule has 1 rings (SSSR count). The number of aryl methyl sites for hydroxylation is 1. The molecule has 1 aromatic rings. The van der Waals surface area contributed by atoms with Gasteiger partial charge in [0, 0.05) is 20.8 Å². The van der Waals surface area contributed by atoms with Crippen LogP contribution in [-0.4, -0.2) is 38.1 Å². The van der Waals surface area contributed by atoms with Crippen LogP contribution >= 0.6 is 0 Å². The van der Waals surface area contributed by atoms with E-state index in [4.69, 9.17) is 14.6 Å². The van der Waals surface area contributed by atoms with Crippen molar-refractivity contribution in [3.8, 4) is 0 Å². The third kappa shape index (κ3) is 4.86. The molecule has 0 aliphatic rings. The molecule has 0 amide bonds. The van der Waals surface area contributed by atoms with Gasteiger partial charge in [0.2, 0.25) is 0 Å². The summed E-state index contributed by atoms with van der Waals surface area (Å²) >= 11 is 0. The molecule has 0 aromatic heterocycles. The predicted molar refractivity (Wildman–Crippen MR) is 68.1 cm³/mol. The first-order valence-electron chi connectivity index (χ1n) is 6.02. The van der Waals surface area contributed by atoms with Gasteiger partial charge in [0.15, 0.2) is 0 Å². The topological polar surface area (TPSA) is 38.7 Å². The molecule has 2 unspecified atom stereocenters. The average Bonchev–Trinajstić information content (AvgIpc) is 2.39. The number of benzene rings is 1. The average molecular weight is 238 g/mol. The van der Waals surface area contributed by atoms with Crippen molar-refractivity contribution < 1.29 is 14.6 Å². The molecule has 1 N–H and O–H groups in total. The Bertz CT molecular complexity index is 287. The molecule has 0 heterocycles. The smallest absolute Gasteiger partial charge is 0.0854 e. The number of hydrogen-bond acceptors (Lipinski definition) is 3. The summed E-state index contributed by atoms with van der Waals surface area (Å²) in [6, 6.07) is 10.3. The molecule has 0 radical (unpaired) electrons. The number of aliphatic hydroxyl groups is 1. The second-order valence-corrected chi connectivity index (χ2v) is 4.08. The number of rotatable bonds is 8. The van der Waals surface area contributed by atoms with Gasteiger partial charge < -0.3 is 14.6 Å². The molecule has 3 heteroatoms. The van der Waals surface area contributed by atoms with Gasteiger partial charge in [-0.25, -0.2) is 0 Å². The fourth-order valence-corrected chi connectivity index (χ4v) is 1.99. The molecular weight excluding hydrogens is 216 g/mol.